The van der Waals surface area contributed by atoms with Crippen LogP contribution < -0.4 is 0 Å². The molecule has 0 unspecified atom stereocenters. The number of nitrogens with one attached hydrogen (secondary N) is 1. The van der Waals surface area contributed by atoms with Gasteiger partial charge in [-0.25, -0.2) is 5.10 Å². The van der Waals surface area contributed by atoms with Crippen LogP contribution in [0.5, 0.6) is 0 Å². The smallest absolute Gasteiger partial charge is 0.295 e. The van der Waals surface area contributed by atoms with Crippen LogP contribution in [0.15, 0.2) is 6.07 Å². The standard InChI is InChI=1S/C5H5N3/c1-4-3-5(6-2)8-7-4/h3H,1H3,(H,7,8). The minimum absolute atomic E-state index is 0.433. The Morgan fingerprint density at radius 2 is 2.62 bits per heavy atom. The van der Waals surface area contributed by atoms with Crippen molar-refractivity contribution in [1.29, 1.82) is 0 Å². The van der Waals surface area contributed by atoms with Gasteiger partial charge in [-0.3, -0.25) is 0 Å². The fourth-order valence-electron chi connectivity index (χ4n) is 0.461. The minimum Gasteiger partial charge on any atom is -0.359 e. The fraction of sp³-hybridized carbons (Fsp3) is 0.200. The van der Waals surface area contributed by atoms with Gasteiger partial charge in [0.15, 0.2) is 0 Å². The van der Waals surface area contributed by atoms with Crippen molar-refractivity contribution < 1.29 is 0 Å². The Morgan fingerprint density at radius 1 is 1.88 bits per heavy atom. The van der Waals surface area contributed by atoms with Crippen LogP contribution >= 0.6 is 0 Å². The van der Waals surface area contributed by atoms with Crippen molar-refractivity contribution in [3.05, 3.63) is 23.2 Å². The highest BCUT2D eigenvalue weighted by Gasteiger charge is 1.92. The maximum atomic E-state index is 6.50. The number of hydrogen-bond donors (Lipinski definition) is 1. The molecule has 0 saturated carbocycles. The second kappa shape index (κ2) is 1.66. The molecule has 0 fully saturated rings. The number of nitrogens with zero attached hydrogens (tertiary/aromatic N) is 2. The van der Waals surface area contributed by atoms with Crippen molar-refractivity contribution in [3.63, 3.8) is 0 Å². The topological polar surface area (TPSA) is 33.0 Å². The third kappa shape index (κ3) is 0.684. The van der Waals surface area contributed by atoms with Gasteiger partial charge in [0, 0.05) is 5.69 Å². The molecule has 3 heteroatoms. The molecule has 0 spiro atoms. The van der Waals surface area contributed by atoms with E-state index < -0.39 is 0 Å². The third-order valence-corrected chi connectivity index (χ3v) is 0.807. The van der Waals surface area contributed by atoms with Gasteiger partial charge >= 0.3 is 0 Å². The molecule has 40 valence electrons. The largest absolute Gasteiger partial charge is 0.359 e. The van der Waals surface area contributed by atoms with E-state index in [0.717, 1.165) is 5.69 Å². The normalized spacial score (nSPS) is 8.50. The first-order valence-electron chi connectivity index (χ1n) is 2.22. The van der Waals surface area contributed by atoms with Gasteiger partial charge in [-0.15, -0.1) is 0 Å². The summed E-state index contributed by atoms with van der Waals surface area (Å²) in [6, 6.07) is 1.70. The van der Waals surface area contributed by atoms with Gasteiger partial charge < -0.3 is 4.85 Å². The summed E-state index contributed by atoms with van der Waals surface area (Å²) in [5, 5.41) is 6.31. The Bertz CT molecular complexity index is 218. The van der Waals surface area contributed by atoms with E-state index in [2.05, 4.69) is 15.0 Å². The van der Waals surface area contributed by atoms with E-state index in [0.29, 0.717) is 5.82 Å². The average Bonchev–Trinajstić information content (AvgIpc) is 2.14. The first-order chi connectivity index (χ1) is 3.83. The van der Waals surface area contributed by atoms with E-state index in [9.17, 15) is 0 Å². The molecular formula is C5H5N3. The predicted octanol–water partition coefficient (Wildman–Crippen LogP) is 1.27. The van der Waals surface area contributed by atoms with E-state index >= 15 is 0 Å². The highest BCUT2D eigenvalue weighted by atomic mass is 15.2. The maximum Gasteiger partial charge on any atom is 0.295 e. The van der Waals surface area contributed by atoms with Gasteiger partial charge in [-0.05, 0) is 18.1 Å². The average molecular weight is 107 g/mol. The SMILES string of the molecule is [C-]#[N+]c1cc(C)[nH]n1. The van der Waals surface area contributed by atoms with Crippen LogP contribution in [0.25, 0.3) is 4.85 Å². The molecule has 1 N–H and O–H groups in total. The highest BCUT2D eigenvalue weighted by molar-refractivity contribution is 5.35. The summed E-state index contributed by atoms with van der Waals surface area (Å²) in [6.07, 6.45) is 0. The molecule has 0 aliphatic carbocycles. The van der Waals surface area contributed by atoms with Crippen LogP contribution in [-0.2, 0) is 0 Å². The lowest BCUT2D eigenvalue weighted by molar-refractivity contribution is 1.06. The van der Waals surface area contributed by atoms with Crippen molar-refractivity contribution in [1.82, 2.24) is 10.2 Å². The number of aryl methyl sites for hydroxylation is 1. The summed E-state index contributed by atoms with van der Waals surface area (Å²) in [5.41, 5.74) is 0.927. The Balaban J connectivity index is 3.05. The van der Waals surface area contributed by atoms with E-state index in [1.54, 1.807) is 6.07 Å². The number of rotatable bonds is 0. The second-order valence-corrected chi connectivity index (χ2v) is 1.52. The van der Waals surface area contributed by atoms with Gasteiger partial charge in [0.2, 0.25) is 0 Å². The molecule has 0 aliphatic heterocycles. The van der Waals surface area contributed by atoms with Crippen molar-refractivity contribution in [2.45, 2.75) is 6.92 Å². The predicted molar refractivity (Wildman–Crippen MR) is 29.6 cm³/mol. The summed E-state index contributed by atoms with van der Waals surface area (Å²) >= 11 is 0. The molecule has 1 aromatic heterocycles. The Hall–Kier alpha value is -1.30. The molecule has 0 aromatic carbocycles. The van der Waals surface area contributed by atoms with Crippen LogP contribution in [0.4, 0.5) is 5.82 Å². The van der Waals surface area contributed by atoms with Gasteiger partial charge in [0.1, 0.15) is 0 Å². The van der Waals surface area contributed by atoms with E-state index in [1.807, 2.05) is 6.92 Å². The molecule has 0 atom stereocenters. The summed E-state index contributed by atoms with van der Waals surface area (Å²) in [6.45, 7) is 8.36. The number of aromatic amines is 1. The molecule has 3 nitrogen and oxygen atoms in total. The first kappa shape index (κ1) is 4.85. The quantitative estimate of drug-likeness (QED) is 0.497. The number of H-pyrrole nitrogens is 1. The zero-order valence-corrected chi connectivity index (χ0v) is 4.47. The van der Waals surface area contributed by atoms with Crippen LogP contribution in [-0.4, -0.2) is 10.2 Å². The van der Waals surface area contributed by atoms with Crippen molar-refractivity contribution >= 4 is 5.82 Å². The monoisotopic (exact) mass is 107 g/mol. The zero-order chi connectivity index (χ0) is 5.98. The molecule has 0 saturated heterocycles. The number of aromatic nitrogens is 2. The molecular weight excluding hydrogens is 102 g/mol. The van der Waals surface area contributed by atoms with Gasteiger partial charge in [0.25, 0.3) is 5.82 Å². The molecule has 1 rings (SSSR count). The van der Waals surface area contributed by atoms with Crippen LogP contribution in [0.1, 0.15) is 5.69 Å². The second-order valence-electron chi connectivity index (χ2n) is 1.52. The molecule has 1 aromatic rings. The van der Waals surface area contributed by atoms with E-state index in [-0.39, 0.29) is 0 Å². The lowest BCUT2D eigenvalue weighted by Gasteiger charge is -1.67. The maximum absolute atomic E-state index is 6.50. The van der Waals surface area contributed by atoms with Gasteiger partial charge in [-0.1, -0.05) is 6.57 Å². The van der Waals surface area contributed by atoms with Gasteiger partial charge in [-0.2, -0.15) is 0 Å². The van der Waals surface area contributed by atoms with Crippen LogP contribution in [0.2, 0.25) is 0 Å². The summed E-state index contributed by atoms with van der Waals surface area (Å²) in [5.74, 6) is 0.433. The third-order valence-electron chi connectivity index (χ3n) is 0.807. The summed E-state index contributed by atoms with van der Waals surface area (Å²) < 4.78 is 0. The lowest BCUT2D eigenvalue weighted by Crippen LogP contribution is -1.65. The van der Waals surface area contributed by atoms with Crippen molar-refractivity contribution in [2.75, 3.05) is 0 Å². The zero-order valence-electron chi connectivity index (χ0n) is 4.47. The lowest BCUT2D eigenvalue weighted by atomic mass is 10.5. The van der Waals surface area contributed by atoms with Crippen molar-refractivity contribution in [2.24, 2.45) is 0 Å². The first-order valence-corrected chi connectivity index (χ1v) is 2.22. The molecule has 0 radical (unpaired) electrons. The Morgan fingerprint density at radius 3 is 2.88 bits per heavy atom. The molecule has 0 amide bonds. The summed E-state index contributed by atoms with van der Waals surface area (Å²) in [7, 11) is 0. The van der Waals surface area contributed by atoms with E-state index in [4.69, 9.17) is 6.57 Å². The minimum atomic E-state index is 0.433. The molecule has 1 heterocycles. The van der Waals surface area contributed by atoms with Crippen LogP contribution in [0, 0.1) is 13.5 Å². The highest BCUT2D eigenvalue weighted by Crippen LogP contribution is 2.05. The Kier molecular flexibility index (Phi) is 1.01. The van der Waals surface area contributed by atoms with Crippen LogP contribution in [0.3, 0.4) is 0 Å². The van der Waals surface area contributed by atoms with E-state index in [1.165, 1.54) is 0 Å². The number of hydrogen-bond acceptors (Lipinski definition) is 1. The molecule has 0 bridgehead atoms. The summed E-state index contributed by atoms with van der Waals surface area (Å²) in [4.78, 5) is 3.10. The molecule has 0 aliphatic rings. The van der Waals surface area contributed by atoms with Crippen molar-refractivity contribution in [3.8, 4) is 0 Å². The fourth-order valence-corrected chi connectivity index (χ4v) is 0.461. The Labute approximate surface area is 47.2 Å². The molecule has 8 heavy (non-hydrogen) atoms. The van der Waals surface area contributed by atoms with Gasteiger partial charge in [0.05, 0.1) is 0 Å².